The zero-order valence-corrected chi connectivity index (χ0v) is 9.57. The van der Waals surface area contributed by atoms with Crippen LogP contribution in [0.5, 0.6) is 0 Å². The van der Waals surface area contributed by atoms with E-state index in [2.05, 4.69) is 5.32 Å². The molecule has 2 N–H and O–H groups in total. The summed E-state index contributed by atoms with van der Waals surface area (Å²) in [5.74, 6) is -1.11. The Hall–Kier alpha value is -1.06. The van der Waals surface area contributed by atoms with Crippen LogP contribution in [-0.2, 0) is 4.79 Å². The van der Waals surface area contributed by atoms with Gasteiger partial charge in [0.2, 0.25) is 0 Å². The largest absolute Gasteiger partial charge is 0.481 e. The lowest BCUT2D eigenvalue weighted by Gasteiger charge is -2.30. The van der Waals surface area contributed by atoms with E-state index in [4.69, 9.17) is 11.6 Å². The highest BCUT2D eigenvalue weighted by molar-refractivity contribution is 6.31. The molecule has 0 aliphatic carbocycles. The molecular formula is C12H14ClNO2. The van der Waals surface area contributed by atoms with Gasteiger partial charge in [-0.1, -0.05) is 29.8 Å². The third kappa shape index (κ3) is 2.20. The van der Waals surface area contributed by atoms with Gasteiger partial charge in [-0.05, 0) is 24.6 Å². The molecule has 1 aromatic rings. The highest BCUT2D eigenvalue weighted by atomic mass is 35.5. The Morgan fingerprint density at radius 3 is 2.88 bits per heavy atom. The molecule has 0 radical (unpaired) electrons. The molecule has 2 rings (SSSR count). The highest BCUT2D eigenvalue weighted by Crippen LogP contribution is 2.34. The van der Waals surface area contributed by atoms with E-state index in [1.54, 1.807) is 0 Å². The summed E-state index contributed by atoms with van der Waals surface area (Å²) in [6, 6.07) is 7.51. The van der Waals surface area contributed by atoms with Gasteiger partial charge in [-0.3, -0.25) is 4.79 Å². The van der Waals surface area contributed by atoms with Crippen molar-refractivity contribution in [1.82, 2.24) is 5.32 Å². The Morgan fingerprint density at radius 1 is 1.44 bits per heavy atom. The number of halogens is 1. The Bertz CT molecular complexity index is 394. The Morgan fingerprint density at radius 2 is 2.19 bits per heavy atom. The number of rotatable bonds is 2. The van der Waals surface area contributed by atoms with Crippen LogP contribution in [0.15, 0.2) is 24.3 Å². The van der Waals surface area contributed by atoms with E-state index in [0.29, 0.717) is 11.6 Å². The fourth-order valence-electron chi connectivity index (χ4n) is 2.27. The van der Waals surface area contributed by atoms with Gasteiger partial charge in [0.05, 0.1) is 5.92 Å². The minimum atomic E-state index is -0.753. The molecule has 0 bridgehead atoms. The molecule has 0 spiro atoms. The van der Waals surface area contributed by atoms with Crippen molar-refractivity contribution < 1.29 is 9.90 Å². The van der Waals surface area contributed by atoms with Gasteiger partial charge in [0.25, 0.3) is 0 Å². The van der Waals surface area contributed by atoms with Crippen LogP contribution >= 0.6 is 11.6 Å². The molecule has 0 saturated carbocycles. The number of hydrogen-bond donors (Lipinski definition) is 2. The molecule has 86 valence electrons. The fraction of sp³-hybridized carbons (Fsp3) is 0.417. The SMILES string of the molecule is O=C(O)C1CNCCC1c1ccccc1Cl. The Kier molecular flexibility index (Phi) is 3.46. The van der Waals surface area contributed by atoms with Gasteiger partial charge in [-0.25, -0.2) is 0 Å². The van der Waals surface area contributed by atoms with Crippen molar-refractivity contribution in [3.63, 3.8) is 0 Å². The van der Waals surface area contributed by atoms with Gasteiger partial charge in [0.1, 0.15) is 0 Å². The second-order valence-electron chi connectivity index (χ2n) is 4.07. The fourth-order valence-corrected chi connectivity index (χ4v) is 2.54. The van der Waals surface area contributed by atoms with Crippen LogP contribution in [0, 0.1) is 5.92 Å². The Labute approximate surface area is 99.4 Å². The summed E-state index contributed by atoms with van der Waals surface area (Å²) < 4.78 is 0. The van der Waals surface area contributed by atoms with Crippen molar-refractivity contribution in [3.8, 4) is 0 Å². The summed E-state index contributed by atoms with van der Waals surface area (Å²) >= 11 is 6.11. The maximum Gasteiger partial charge on any atom is 0.308 e. The molecule has 1 fully saturated rings. The third-order valence-corrected chi connectivity index (χ3v) is 3.45. The van der Waals surface area contributed by atoms with Crippen LogP contribution in [0.3, 0.4) is 0 Å². The summed E-state index contributed by atoms with van der Waals surface area (Å²) in [4.78, 5) is 11.2. The number of nitrogens with one attached hydrogen (secondary N) is 1. The minimum Gasteiger partial charge on any atom is -0.481 e. The number of carbonyl (C=O) groups is 1. The monoisotopic (exact) mass is 239 g/mol. The van der Waals surface area contributed by atoms with Crippen molar-refractivity contribution in [2.45, 2.75) is 12.3 Å². The van der Waals surface area contributed by atoms with E-state index in [0.717, 1.165) is 18.5 Å². The molecule has 2 unspecified atom stereocenters. The van der Waals surface area contributed by atoms with Crippen molar-refractivity contribution in [2.24, 2.45) is 5.92 Å². The zero-order valence-electron chi connectivity index (χ0n) is 8.82. The second-order valence-corrected chi connectivity index (χ2v) is 4.47. The summed E-state index contributed by atoms with van der Waals surface area (Å²) in [5.41, 5.74) is 0.957. The lowest BCUT2D eigenvalue weighted by Crippen LogP contribution is -2.39. The topological polar surface area (TPSA) is 49.3 Å². The number of benzene rings is 1. The predicted molar refractivity (Wildman–Crippen MR) is 62.8 cm³/mol. The van der Waals surface area contributed by atoms with Crippen molar-refractivity contribution in [2.75, 3.05) is 13.1 Å². The van der Waals surface area contributed by atoms with E-state index >= 15 is 0 Å². The first-order valence-electron chi connectivity index (χ1n) is 5.38. The minimum absolute atomic E-state index is 0.0208. The van der Waals surface area contributed by atoms with E-state index < -0.39 is 5.97 Å². The first-order chi connectivity index (χ1) is 7.70. The van der Waals surface area contributed by atoms with Gasteiger partial charge in [0.15, 0.2) is 0 Å². The molecule has 1 saturated heterocycles. The predicted octanol–water partition coefficient (Wildman–Crippen LogP) is 2.12. The molecular weight excluding hydrogens is 226 g/mol. The summed E-state index contributed by atoms with van der Waals surface area (Å²) in [6.07, 6.45) is 0.820. The molecule has 1 aliphatic heterocycles. The lowest BCUT2D eigenvalue weighted by molar-refractivity contribution is -0.142. The Balaban J connectivity index is 2.30. The highest BCUT2D eigenvalue weighted by Gasteiger charge is 2.32. The van der Waals surface area contributed by atoms with E-state index in [-0.39, 0.29) is 11.8 Å². The van der Waals surface area contributed by atoms with Gasteiger partial charge in [-0.15, -0.1) is 0 Å². The molecule has 1 aliphatic rings. The maximum absolute atomic E-state index is 11.2. The lowest BCUT2D eigenvalue weighted by atomic mass is 9.81. The molecule has 2 atom stereocenters. The van der Waals surface area contributed by atoms with E-state index in [1.807, 2.05) is 24.3 Å². The molecule has 16 heavy (non-hydrogen) atoms. The zero-order chi connectivity index (χ0) is 11.5. The van der Waals surface area contributed by atoms with Crippen LogP contribution in [0.1, 0.15) is 17.9 Å². The van der Waals surface area contributed by atoms with Gasteiger partial charge >= 0.3 is 5.97 Å². The third-order valence-electron chi connectivity index (χ3n) is 3.10. The summed E-state index contributed by atoms with van der Waals surface area (Å²) in [7, 11) is 0. The average Bonchev–Trinajstić information content (AvgIpc) is 2.29. The van der Waals surface area contributed by atoms with Crippen LogP contribution < -0.4 is 5.32 Å². The van der Waals surface area contributed by atoms with Crippen LogP contribution in [0.25, 0.3) is 0 Å². The number of hydrogen-bond acceptors (Lipinski definition) is 2. The molecule has 4 heteroatoms. The normalized spacial score (nSPS) is 25.3. The maximum atomic E-state index is 11.2. The first kappa shape index (κ1) is 11.4. The second kappa shape index (κ2) is 4.85. The van der Waals surface area contributed by atoms with Crippen LogP contribution in [-0.4, -0.2) is 24.2 Å². The molecule has 1 heterocycles. The molecule has 1 aromatic carbocycles. The van der Waals surface area contributed by atoms with Gasteiger partial charge in [0, 0.05) is 17.5 Å². The molecule has 3 nitrogen and oxygen atoms in total. The van der Waals surface area contributed by atoms with Gasteiger partial charge < -0.3 is 10.4 Å². The van der Waals surface area contributed by atoms with E-state index in [9.17, 15) is 9.90 Å². The number of carboxylic acids is 1. The van der Waals surface area contributed by atoms with Crippen molar-refractivity contribution >= 4 is 17.6 Å². The summed E-state index contributed by atoms with van der Waals surface area (Å²) in [6.45, 7) is 1.37. The molecule has 0 aromatic heterocycles. The van der Waals surface area contributed by atoms with E-state index in [1.165, 1.54) is 0 Å². The molecule has 0 amide bonds. The number of carboxylic acid groups (broad SMARTS) is 1. The van der Waals surface area contributed by atoms with Crippen LogP contribution in [0.2, 0.25) is 5.02 Å². The van der Waals surface area contributed by atoms with Crippen molar-refractivity contribution in [3.05, 3.63) is 34.9 Å². The van der Waals surface area contributed by atoms with Gasteiger partial charge in [-0.2, -0.15) is 0 Å². The smallest absolute Gasteiger partial charge is 0.308 e. The standard InChI is InChI=1S/C12H14ClNO2/c13-11-4-2-1-3-9(11)8-5-6-14-7-10(8)12(15)16/h1-4,8,10,14H,5-7H2,(H,15,16). The number of piperidine rings is 1. The quantitative estimate of drug-likeness (QED) is 0.831. The summed E-state index contributed by atoms with van der Waals surface area (Å²) in [5, 5.41) is 13.0. The number of aliphatic carboxylic acids is 1. The van der Waals surface area contributed by atoms with Crippen molar-refractivity contribution in [1.29, 1.82) is 0 Å². The average molecular weight is 240 g/mol. The van der Waals surface area contributed by atoms with Crippen LogP contribution in [0.4, 0.5) is 0 Å². The first-order valence-corrected chi connectivity index (χ1v) is 5.76.